The van der Waals surface area contributed by atoms with E-state index in [1.807, 2.05) is 6.92 Å². The van der Waals surface area contributed by atoms with Gasteiger partial charge >= 0.3 is 0 Å². The number of amides is 1. The molecular weight excluding hydrogens is 252 g/mol. The summed E-state index contributed by atoms with van der Waals surface area (Å²) in [6.07, 6.45) is 5.34. The third-order valence-electron chi connectivity index (χ3n) is 3.62. The van der Waals surface area contributed by atoms with Crippen LogP contribution in [0.1, 0.15) is 66.2 Å². The second-order valence-electron chi connectivity index (χ2n) is 5.45. The van der Waals surface area contributed by atoms with Crippen molar-refractivity contribution in [1.29, 1.82) is 0 Å². The van der Waals surface area contributed by atoms with Gasteiger partial charge in [-0.3, -0.25) is 9.69 Å². The summed E-state index contributed by atoms with van der Waals surface area (Å²) in [6, 6.07) is 0. The molecule has 20 heavy (non-hydrogen) atoms. The molecule has 0 aromatic heterocycles. The van der Waals surface area contributed by atoms with Gasteiger partial charge in [-0.1, -0.05) is 40.0 Å². The lowest BCUT2D eigenvalue weighted by Crippen LogP contribution is -2.47. The van der Waals surface area contributed by atoms with E-state index >= 15 is 0 Å². The summed E-state index contributed by atoms with van der Waals surface area (Å²) in [5.74, 6) is -0.325. The van der Waals surface area contributed by atoms with Crippen LogP contribution in [-0.4, -0.2) is 41.8 Å². The molecule has 0 saturated carbocycles. The van der Waals surface area contributed by atoms with Gasteiger partial charge in [0, 0.05) is 19.6 Å². The molecule has 0 fully saturated rings. The largest absolute Gasteiger partial charge is 0.378 e. The summed E-state index contributed by atoms with van der Waals surface area (Å²) < 4.78 is 0. The molecule has 120 valence electrons. The molecule has 4 nitrogen and oxygen atoms in total. The van der Waals surface area contributed by atoms with E-state index in [9.17, 15) is 9.90 Å². The number of aliphatic hydroxyl groups excluding tert-OH is 1. The van der Waals surface area contributed by atoms with Gasteiger partial charge in [-0.15, -0.1) is 0 Å². The first-order valence-corrected chi connectivity index (χ1v) is 8.32. The number of hydrogen-bond acceptors (Lipinski definition) is 3. The first kappa shape index (κ1) is 19.4. The normalized spacial score (nSPS) is 14.3. The Balaban J connectivity index is 4.72. The lowest BCUT2D eigenvalue weighted by Gasteiger charge is -2.32. The number of carbonyl (C=O) groups is 1. The molecule has 0 saturated heterocycles. The predicted octanol–water partition coefficient (Wildman–Crippen LogP) is 2.76. The number of nitrogens with one attached hydrogen (secondary N) is 1. The highest BCUT2D eigenvalue weighted by Gasteiger charge is 2.29. The van der Waals surface area contributed by atoms with Crippen molar-refractivity contribution in [2.24, 2.45) is 5.92 Å². The highest BCUT2D eigenvalue weighted by atomic mass is 16.3. The number of rotatable bonds is 12. The fourth-order valence-corrected chi connectivity index (χ4v) is 2.39. The molecule has 0 aromatic carbocycles. The van der Waals surface area contributed by atoms with Gasteiger partial charge in [0.05, 0.1) is 5.92 Å². The van der Waals surface area contributed by atoms with Gasteiger partial charge in [0.2, 0.25) is 5.91 Å². The summed E-state index contributed by atoms with van der Waals surface area (Å²) in [6.45, 7) is 10.6. The molecular formula is C16H34N2O2. The molecule has 0 aliphatic carbocycles. The molecule has 0 bridgehead atoms. The SMILES string of the molecule is CCCCN(CCCC)C(O)C(CCC)C(=O)NCC. The number of unbranched alkanes of at least 4 members (excludes halogenated alkanes) is 2. The number of aliphatic hydroxyl groups is 1. The minimum Gasteiger partial charge on any atom is -0.378 e. The summed E-state index contributed by atoms with van der Waals surface area (Å²) >= 11 is 0. The second kappa shape index (κ2) is 12.2. The average molecular weight is 286 g/mol. The summed E-state index contributed by atoms with van der Waals surface area (Å²) in [4.78, 5) is 14.2. The van der Waals surface area contributed by atoms with Crippen molar-refractivity contribution in [3.63, 3.8) is 0 Å². The van der Waals surface area contributed by atoms with E-state index in [2.05, 4.69) is 31.0 Å². The van der Waals surface area contributed by atoms with Crippen LogP contribution in [0.25, 0.3) is 0 Å². The Kier molecular flexibility index (Phi) is 11.8. The average Bonchev–Trinajstić information content (AvgIpc) is 2.44. The van der Waals surface area contributed by atoms with Crippen molar-refractivity contribution in [3.8, 4) is 0 Å². The zero-order valence-corrected chi connectivity index (χ0v) is 13.8. The fraction of sp³-hybridized carbons (Fsp3) is 0.938. The Hall–Kier alpha value is -0.610. The summed E-state index contributed by atoms with van der Waals surface area (Å²) in [5, 5.41) is 13.5. The maximum absolute atomic E-state index is 12.1. The van der Waals surface area contributed by atoms with Gasteiger partial charge in [0.1, 0.15) is 6.23 Å². The van der Waals surface area contributed by atoms with Crippen molar-refractivity contribution in [2.45, 2.75) is 72.4 Å². The third-order valence-corrected chi connectivity index (χ3v) is 3.62. The lowest BCUT2D eigenvalue weighted by molar-refractivity contribution is -0.135. The Morgan fingerprint density at radius 2 is 1.60 bits per heavy atom. The maximum atomic E-state index is 12.1. The minimum absolute atomic E-state index is 0.0140. The van der Waals surface area contributed by atoms with E-state index < -0.39 is 6.23 Å². The predicted molar refractivity (Wildman–Crippen MR) is 84.5 cm³/mol. The van der Waals surface area contributed by atoms with Crippen molar-refractivity contribution >= 4 is 5.91 Å². The Morgan fingerprint density at radius 1 is 1.05 bits per heavy atom. The molecule has 1 amide bonds. The minimum atomic E-state index is -0.653. The Labute approximate surface area is 124 Å². The summed E-state index contributed by atoms with van der Waals surface area (Å²) in [5.41, 5.74) is 0. The summed E-state index contributed by atoms with van der Waals surface area (Å²) in [7, 11) is 0. The van der Waals surface area contributed by atoms with Gasteiger partial charge in [0.25, 0.3) is 0 Å². The maximum Gasteiger partial charge on any atom is 0.227 e. The molecule has 0 radical (unpaired) electrons. The van der Waals surface area contributed by atoms with Crippen LogP contribution in [-0.2, 0) is 4.79 Å². The first-order valence-electron chi connectivity index (χ1n) is 8.32. The highest BCUT2D eigenvalue weighted by Crippen LogP contribution is 2.17. The van der Waals surface area contributed by atoms with Crippen LogP contribution < -0.4 is 5.32 Å². The zero-order chi connectivity index (χ0) is 15.4. The van der Waals surface area contributed by atoms with Crippen LogP contribution in [0.5, 0.6) is 0 Å². The van der Waals surface area contributed by atoms with Crippen LogP contribution in [0.15, 0.2) is 0 Å². The van der Waals surface area contributed by atoms with Gasteiger partial charge in [-0.05, 0) is 26.2 Å². The van der Waals surface area contributed by atoms with Gasteiger partial charge in [0.15, 0.2) is 0 Å². The third kappa shape index (κ3) is 7.25. The molecule has 0 rings (SSSR count). The standard InChI is InChI=1S/C16H34N2O2/c1-5-9-12-18(13-10-6-2)16(20)14(11-7-3)15(19)17-8-4/h14,16,20H,5-13H2,1-4H3,(H,17,19). The van der Waals surface area contributed by atoms with Crippen LogP contribution >= 0.6 is 0 Å². The highest BCUT2D eigenvalue weighted by molar-refractivity contribution is 5.79. The number of hydrogen-bond donors (Lipinski definition) is 2. The first-order chi connectivity index (χ1) is 9.62. The zero-order valence-electron chi connectivity index (χ0n) is 13.8. The van der Waals surface area contributed by atoms with Gasteiger partial charge in [-0.2, -0.15) is 0 Å². The molecule has 0 aliphatic rings. The number of carbonyl (C=O) groups excluding carboxylic acids is 1. The molecule has 0 heterocycles. The lowest BCUT2D eigenvalue weighted by atomic mass is 9.99. The van der Waals surface area contributed by atoms with E-state index in [0.717, 1.165) is 51.6 Å². The van der Waals surface area contributed by atoms with Crippen LogP contribution in [0, 0.1) is 5.92 Å². The van der Waals surface area contributed by atoms with Crippen LogP contribution in [0.3, 0.4) is 0 Å². The van der Waals surface area contributed by atoms with Crippen molar-refractivity contribution in [3.05, 3.63) is 0 Å². The molecule has 4 heteroatoms. The van der Waals surface area contributed by atoms with Gasteiger partial charge in [-0.25, -0.2) is 0 Å². The number of nitrogens with zero attached hydrogens (tertiary/aromatic N) is 1. The van der Waals surface area contributed by atoms with Crippen LogP contribution in [0.4, 0.5) is 0 Å². The van der Waals surface area contributed by atoms with E-state index in [1.165, 1.54) is 0 Å². The molecule has 0 aliphatic heterocycles. The van der Waals surface area contributed by atoms with Crippen molar-refractivity contribution < 1.29 is 9.90 Å². The van der Waals surface area contributed by atoms with E-state index in [4.69, 9.17) is 0 Å². The quantitative estimate of drug-likeness (QED) is 0.542. The monoisotopic (exact) mass is 286 g/mol. The van der Waals surface area contributed by atoms with Crippen LogP contribution in [0.2, 0.25) is 0 Å². The molecule has 2 N–H and O–H groups in total. The van der Waals surface area contributed by atoms with E-state index in [1.54, 1.807) is 0 Å². The topological polar surface area (TPSA) is 52.6 Å². The molecule has 2 atom stereocenters. The van der Waals surface area contributed by atoms with Gasteiger partial charge < -0.3 is 10.4 Å². The smallest absolute Gasteiger partial charge is 0.227 e. The molecule has 0 aromatic rings. The fourth-order valence-electron chi connectivity index (χ4n) is 2.39. The molecule has 2 unspecified atom stereocenters. The van der Waals surface area contributed by atoms with E-state index in [0.29, 0.717) is 6.54 Å². The molecule has 0 spiro atoms. The van der Waals surface area contributed by atoms with E-state index in [-0.39, 0.29) is 11.8 Å². The van der Waals surface area contributed by atoms with Crippen molar-refractivity contribution in [2.75, 3.05) is 19.6 Å². The Bertz CT molecular complexity index is 239. The van der Waals surface area contributed by atoms with Crippen molar-refractivity contribution in [1.82, 2.24) is 10.2 Å². The second-order valence-corrected chi connectivity index (χ2v) is 5.45. The Morgan fingerprint density at radius 3 is 2.00 bits per heavy atom.